The molecule has 4 heteroatoms. The Morgan fingerprint density at radius 2 is 2.29 bits per heavy atom. The van der Waals surface area contributed by atoms with Crippen molar-refractivity contribution < 1.29 is 14.6 Å². The molecule has 0 spiro atoms. The maximum absolute atomic E-state index is 11.8. The second kappa shape index (κ2) is 4.75. The second-order valence-corrected chi connectivity index (χ2v) is 4.38. The molecule has 0 saturated heterocycles. The smallest absolute Gasteiger partial charge is 0.268 e. The monoisotopic (exact) mass is 235 g/mol. The molecule has 2 rings (SSSR count). The van der Waals surface area contributed by atoms with Gasteiger partial charge in [-0.25, -0.2) is 0 Å². The van der Waals surface area contributed by atoms with Crippen LogP contribution in [0.25, 0.3) is 0 Å². The third-order valence-electron chi connectivity index (χ3n) is 2.84. The summed E-state index contributed by atoms with van der Waals surface area (Å²) in [5, 5.41) is 12.6. The fraction of sp³-hybridized carbons (Fsp3) is 0.462. The Morgan fingerprint density at radius 3 is 3.00 bits per heavy atom. The van der Waals surface area contributed by atoms with Crippen LogP contribution in [0.3, 0.4) is 0 Å². The average molecular weight is 235 g/mol. The van der Waals surface area contributed by atoms with Crippen molar-refractivity contribution in [2.75, 3.05) is 5.32 Å². The number of ether oxygens (including phenoxy) is 1. The Labute approximate surface area is 101 Å². The molecule has 0 fully saturated rings. The van der Waals surface area contributed by atoms with Gasteiger partial charge in [0, 0.05) is 0 Å². The van der Waals surface area contributed by atoms with Gasteiger partial charge in [-0.2, -0.15) is 0 Å². The number of hydrogen-bond acceptors (Lipinski definition) is 3. The minimum Gasteiger partial charge on any atom is -0.476 e. The molecule has 1 aliphatic heterocycles. The van der Waals surface area contributed by atoms with Crippen molar-refractivity contribution in [2.45, 2.75) is 38.9 Å². The van der Waals surface area contributed by atoms with E-state index >= 15 is 0 Å². The minimum atomic E-state index is -0.801. The van der Waals surface area contributed by atoms with Crippen LogP contribution in [0.2, 0.25) is 0 Å². The highest BCUT2D eigenvalue weighted by molar-refractivity contribution is 5.98. The summed E-state index contributed by atoms with van der Waals surface area (Å²) in [6, 6.07) is 5.59. The minimum absolute atomic E-state index is 0.274. The molecule has 1 aromatic rings. The highest BCUT2D eigenvalue weighted by Crippen LogP contribution is 2.31. The molecule has 17 heavy (non-hydrogen) atoms. The molecule has 4 nitrogen and oxygen atoms in total. The Morgan fingerprint density at radius 1 is 1.53 bits per heavy atom. The maximum atomic E-state index is 11.8. The van der Waals surface area contributed by atoms with Crippen LogP contribution in [-0.4, -0.2) is 23.2 Å². The van der Waals surface area contributed by atoms with Crippen LogP contribution in [0.5, 0.6) is 5.75 Å². The van der Waals surface area contributed by atoms with Crippen LogP contribution in [0.15, 0.2) is 18.2 Å². The first-order chi connectivity index (χ1) is 8.11. The van der Waals surface area contributed by atoms with Gasteiger partial charge in [-0.15, -0.1) is 0 Å². The van der Waals surface area contributed by atoms with Crippen LogP contribution in [0, 0.1) is 6.92 Å². The summed E-state index contributed by atoms with van der Waals surface area (Å²) in [4.78, 5) is 11.8. The number of rotatable bonds is 3. The number of amides is 1. The standard InChI is InChI=1S/C13H17NO3/c1-3-4-10(15)12-13(16)14-9-7-8(2)5-6-11(9)17-12/h5-7,10,12,15H,3-4H2,1-2H3,(H,14,16)/t10-,12-/m0/s1. The summed E-state index contributed by atoms with van der Waals surface area (Å²) >= 11 is 0. The zero-order valence-corrected chi connectivity index (χ0v) is 10.1. The third kappa shape index (κ3) is 2.42. The number of aryl methyl sites for hydroxylation is 1. The third-order valence-corrected chi connectivity index (χ3v) is 2.84. The molecule has 1 aliphatic rings. The number of aliphatic hydroxyl groups excluding tert-OH is 1. The summed E-state index contributed by atoms with van der Waals surface area (Å²) in [5.74, 6) is 0.347. The van der Waals surface area contributed by atoms with E-state index in [1.807, 2.05) is 32.0 Å². The number of carbonyl (C=O) groups is 1. The quantitative estimate of drug-likeness (QED) is 0.840. The van der Waals surface area contributed by atoms with Crippen molar-refractivity contribution in [3.63, 3.8) is 0 Å². The Balaban J connectivity index is 2.21. The molecule has 0 saturated carbocycles. The topological polar surface area (TPSA) is 58.6 Å². The number of anilines is 1. The van der Waals surface area contributed by atoms with E-state index in [0.717, 1.165) is 12.0 Å². The van der Waals surface area contributed by atoms with Crippen molar-refractivity contribution >= 4 is 11.6 Å². The summed E-state index contributed by atoms with van der Waals surface area (Å²) in [7, 11) is 0. The first-order valence-electron chi connectivity index (χ1n) is 5.88. The van der Waals surface area contributed by atoms with Crippen LogP contribution in [0.4, 0.5) is 5.69 Å². The molecule has 0 aromatic heterocycles. The first kappa shape index (κ1) is 11.9. The largest absolute Gasteiger partial charge is 0.476 e. The summed E-state index contributed by atoms with van der Waals surface area (Å²) in [6.07, 6.45) is -0.187. The van der Waals surface area contributed by atoms with E-state index in [1.54, 1.807) is 0 Å². The lowest BCUT2D eigenvalue weighted by molar-refractivity contribution is -0.128. The number of carbonyl (C=O) groups excluding carboxylic acids is 1. The lowest BCUT2D eigenvalue weighted by Crippen LogP contribution is -2.45. The van der Waals surface area contributed by atoms with Gasteiger partial charge in [0.15, 0.2) is 0 Å². The van der Waals surface area contributed by atoms with Crippen molar-refractivity contribution in [3.8, 4) is 5.75 Å². The van der Waals surface area contributed by atoms with Gasteiger partial charge in [-0.1, -0.05) is 19.4 Å². The molecule has 2 N–H and O–H groups in total. The predicted molar refractivity (Wildman–Crippen MR) is 65.1 cm³/mol. The predicted octanol–water partition coefficient (Wildman–Crippen LogP) is 1.86. The fourth-order valence-electron chi connectivity index (χ4n) is 1.94. The molecule has 0 bridgehead atoms. The molecular weight excluding hydrogens is 218 g/mol. The number of benzene rings is 1. The molecular formula is C13H17NO3. The SMILES string of the molecule is CCC[C@H](O)[C@@H]1Oc2ccc(C)cc2NC1=O. The van der Waals surface area contributed by atoms with Crippen molar-refractivity contribution in [1.29, 1.82) is 0 Å². The van der Waals surface area contributed by atoms with Gasteiger partial charge in [0.1, 0.15) is 11.9 Å². The number of nitrogens with one attached hydrogen (secondary N) is 1. The lowest BCUT2D eigenvalue weighted by atomic mass is 10.1. The van der Waals surface area contributed by atoms with Crippen molar-refractivity contribution in [1.82, 2.24) is 0 Å². The van der Waals surface area contributed by atoms with Crippen LogP contribution in [0.1, 0.15) is 25.3 Å². The molecule has 1 heterocycles. The zero-order chi connectivity index (χ0) is 12.4. The maximum Gasteiger partial charge on any atom is 0.268 e. The highest BCUT2D eigenvalue weighted by atomic mass is 16.5. The summed E-state index contributed by atoms with van der Waals surface area (Å²) in [5.41, 5.74) is 1.73. The van der Waals surface area contributed by atoms with Gasteiger partial charge in [0.25, 0.3) is 5.91 Å². The van der Waals surface area contributed by atoms with Gasteiger partial charge >= 0.3 is 0 Å². The fourth-order valence-corrected chi connectivity index (χ4v) is 1.94. The van der Waals surface area contributed by atoms with Crippen LogP contribution < -0.4 is 10.1 Å². The highest BCUT2D eigenvalue weighted by Gasteiger charge is 2.33. The molecule has 0 unspecified atom stereocenters. The van der Waals surface area contributed by atoms with E-state index in [-0.39, 0.29) is 5.91 Å². The van der Waals surface area contributed by atoms with Crippen LogP contribution in [-0.2, 0) is 4.79 Å². The second-order valence-electron chi connectivity index (χ2n) is 4.38. The Bertz CT molecular complexity index is 431. The Hall–Kier alpha value is -1.55. The van der Waals surface area contributed by atoms with E-state index in [0.29, 0.717) is 17.9 Å². The number of aliphatic hydroxyl groups is 1. The van der Waals surface area contributed by atoms with E-state index in [2.05, 4.69) is 5.32 Å². The van der Waals surface area contributed by atoms with Gasteiger partial charge in [-0.05, 0) is 31.0 Å². The van der Waals surface area contributed by atoms with E-state index < -0.39 is 12.2 Å². The van der Waals surface area contributed by atoms with Crippen molar-refractivity contribution in [3.05, 3.63) is 23.8 Å². The number of hydrogen-bond donors (Lipinski definition) is 2. The molecule has 92 valence electrons. The van der Waals surface area contributed by atoms with Gasteiger partial charge in [0.05, 0.1) is 5.69 Å². The normalized spacial score (nSPS) is 20.2. The van der Waals surface area contributed by atoms with Crippen molar-refractivity contribution in [2.24, 2.45) is 0 Å². The molecule has 1 amide bonds. The lowest BCUT2D eigenvalue weighted by Gasteiger charge is -2.29. The Kier molecular flexibility index (Phi) is 3.33. The molecule has 2 atom stereocenters. The molecule has 0 radical (unpaired) electrons. The number of fused-ring (bicyclic) bond motifs is 1. The van der Waals surface area contributed by atoms with E-state index in [4.69, 9.17) is 4.74 Å². The van der Waals surface area contributed by atoms with E-state index in [9.17, 15) is 9.90 Å². The molecule has 1 aromatic carbocycles. The zero-order valence-electron chi connectivity index (χ0n) is 10.1. The van der Waals surface area contributed by atoms with Crippen LogP contribution >= 0.6 is 0 Å². The van der Waals surface area contributed by atoms with Gasteiger partial charge < -0.3 is 15.2 Å². The average Bonchev–Trinajstić information content (AvgIpc) is 2.28. The first-order valence-corrected chi connectivity index (χ1v) is 5.88. The summed E-state index contributed by atoms with van der Waals surface area (Å²) < 4.78 is 5.55. The van der Waals surface area contributed by atoms with Gasteiger partial charge in [-0.3, -0.25) is 4.79 Å². The van der Waals surface area contributed by atoms with Gasteiger partial charge in [0.2, 0.25) is 6.10 Å². The van der Waals surface area contributed by atoms with E-state index in [1.165, 1.54) is 0 Å². The summed E-state index contributed by atoms with van der Waals surface area (Å²) in [6.45, 7) is 3.91. The molecule has 0 aliphatic carbocycles.